The summed E-state index contributed by atoms with van der Waals surface area (Å²) >= 11 is 0. The SMILES string of the molecule is COc1ccc(C(=O)NC(C)C(=O)NC(C)C)c(N)c1. The molecule has 0 aliphatic rings. The third-order valence-corrected chi connectivity index (χ3v) is 2.68. The fraction of sp³-hybridized carbons (Fsp3) is 0.429. The van der Waals surface area contributed by atoms with Gasteiger partial charge in [-0.2, -0.15) is 0 Å². The number of hydrogen-bond acceptors (Lipinski definition) is 4. The Morgan fingerprint density at radius 2 is 1.85 bits per heavy atom. The fourth-order valence-corrected chi connectivity index (χ4v) is 1.62. The van der Waals surface area contributed by atoms with Gasteiger partial charge in [-0.3, -0.25) is 9.59 Å². The van der Waals surface area contributed by atoms with Crippen molar-refractivity contribution in [1.82, 2.24) is 10.6 Å². The molecule has 0 spiro atoms. The van der Waals surface area contributed by atoms with E-state index in [0.29, 0.717) is 17.0 Å². The van der Waals surface area contributed by atoms with Gasteiger partial charge in [0.05, 0.1) is 12.7 Å². The highest BCUT2D eigenvalue weighted by Crippen LogP contribution is 2.19. The van der Waals surface area contributed by atoms with E-state index in [4.69, 9.17) is 10.5 Å². The predicted octanol–water partition coefficient (Wildman–Crippen LogP) is 0.920. The van der Waals surface area contributed by atoms with E-state index in [2.05, 4.69) is 10.6 Å². The number of hydrogen-bond donors (Lipinski definition) is 3. The second kappa shape index (κ2) is 6.79. The van der Waals surface area contributed by atoms with Gasteiger partial charge in [-0.1, -0.05) is 0 Å². The van der Waals surface area contributed by atoms with Crippen LogP contribution in [-0.2, 0) is 4.79 Å². The molecule has 0 aromatic heterocycles. The number of anilines is 1. The predicted molar refractivity (Wildman–Crippen MR) is 77.6 cm³/mol. The van der Waals surface area contributed by atoms with Crippen LogP contribution in [0.15, 0.2) is 18.2 Å². The topological polar surface area (TPSA) is 93.4 Å². The number of nitrogens with one attached hydrogen (secondary N) is 2. The molecular weight excluding hydrogens is 258 g/mol. The number of carbonyl (C=O) groups excluding carboxylic acids is 2. The Morgan fingerprint density at radius 1 is 1.20 bits per heavy atom. The minimum Gasteiger partial charge on any atom is -0.497 e. The molecule has 0 fully saturated rings. The first-order valence-corrected chi connectivity index (χ1v) is 6.40. The Labute approximate surface area is 118 Å². The number of ether oxygens (including phenoxy) is 1. The van der Waals surface area contributed by atoms with Crippen LogP contribution in [-0.4, -0.2) is 31.0 Å². The first kappa shape index (κ1) is 15.8. The normalized spacial score (nSPS) is 11.8. The van der Waals surface area contributed by atoms with Crippen molar-refractivity contribution in [3.8, 4) is 5.75 Å². The summed E-state index contributed by atoms with van der Waals surface area (Å²) in [5, 5.41) is 5.34. The van der Waals surface area contributed by atoms with Crippen LogP contribution in [0, 0.1) is 0 Å². The molecule has 4 N–H and O–H groups in total. The first-order valence-electron chi connectivity index (χ1n) is 6.40. The number of benzene rings is 1. The summed E-state index contributed by atoms with van der Waals surface area (Å²) < 4.78 is 5.02. The minimum atomic E-state index is -0.633. The minimum absolute atomic E-state index is 0.0212. The number of nitrogen functional groups attached to an aromatic ring is 1. The van der Waals surface area contributed by atoms with Crippen LogP contribution < -0.4 is 21.1 Å². The molecule has 0 aliphatic heterocycles. The third kappa shape index (κ3) is 4.15. The molecule has 1 unspecified atom stereocenters. The zero-order valence-corrected chi connectivity index (χ0v) is 12.2. The van der Waals surface area contributed by atoms with Crippen LogP contribution in [0.2, 0.25) is 0 Å². The number of rotatable bonds is 5. The van der Waals surface area contributed by atoms with Crippen molar-refractivity contribution in [2.75, 3.05) is 12.8 Å². The maximum atomic E-state index is 12.1. The molecule has 0 bridgehead atoms. The van der Waals surface area contributed by atoms with E-state index in [1.54, 1.807) is 25.1 Å². The van der Waals surface area contributed by atoms with Crippen LogP contribution in [0.5, 0.6) is 5.75 Å². The van der Waals surface area contributed by atoms with E-state index in [1.165, 1.54) is 7.11 Å². The first-order chi connectivity index (χ1) is 9.35. The van der Waals surface area contributed by atoms with Gasteiger partial charge in [0.15, 0.2) is 0 Å². The lowest BCUT2D eigenvalue weighted by Crippen LogP contribution is -2.46. The van der Waals surface area contributed by atoms with Gasteiger partial charge in [0, 0.05) is 17.8 Å². The molecule has 1 aromatic rings. The number of amides is 2. The number of carbonyl (C=O) groups is 2. The van der Waals surface area contributed by atoms with Gasteiger partial charge in [-0.15, -0.1) is 0 Å². The van der Waals surface area contributed by atoms with E-state index in [0.717, 1.165) is 0 Å². The summed E-state index contributed by atoms with van der Waals surface area (Å²) in [6.07, 6.45) is 0. The molecule has 1 rings (SSSR count). The largest absolute Gasteiger partial charge is 0.497 e. The van der Waals surface area contributed by atoms with Crippen molar-refractivity contribution < 1.29 is 14.3 Å². The summed E-state index contributed by atoms with van der Waals surface area (Å²) in [5.74, 6) is -0.0540. The zero-order valence-electron chi connectivity index (χ0n) is 12.2. The summed E-state index contributed by atoms with van der Waals surface area (Å²) in [4.78, 5) is 23.8. The lowest BCUT2D eigenvalue weighted by atomic mass is 10.1. The maximum absolute atomic E-state index is 12.1. The van der Waals surface area contributed by atoms with Crippen LogP contribution in [0.4, 0.5) is 5.69 Å². The van der Waals surface area contributed by atoms with E-state index in [-0.39, 0.29) is 11.9 Å². The second-order valence-electron chi connectivity index (χ2n) is 4.81. The molecule has 20 heavy (non-hydrogen) atoms. The van der Waals surface area contributed by atoms with Gasteiger partial charge in [-0.05, 0) is 32.9 Å². The quantitative estimate of drug-likeness (QED) is 0.699. The van der Waals surface area contributed by atoms with Gasteiger partial charge in [-0.25, -0.2) is 0 Å². The summed E-state index contributed by atoms with van der Waals surface area (Å²) in [5.41, 5.74) is 6.41. The van der Waals surface area contributed by atoms with Gasteiger partial charge in [0.2, 0.25) is 5.91 Å². The lowest BCUT2D eigenvalue weighted by Gasteiger charge is -2.16. The molecule has 0 radical (unpaired) electrons. The Balaban J connectivity index is 2.74. The van der Waals surface area contributed by atoms with Crippen LogP contribution >= 0.6 is 0 Å². The summed E-state index contributed by atoms with van der Waals surface area (Å²) in [6.45, 7) is 5.33. The van der Waals surface area contributed by atoms with Crippen molar-refractivity contribution >= 4 is 17.5 Å². The van der Waals surface area contributed by atoms with Crippen LogP contribution in [0.3, 0.4) is 0 Å². The Hall–Kier alpha value is -2.24. The van der Waals surface area contributed by atoms with E-state index in [9.17, 15) is 9.59 Å². The molecule has 0 aliphatic carbocycles. The lowest BCUT2D eigenvalue weighted by molar-refractivity contribution is -0.123. The molecule has 110 valence electrons. The number of methoxy groups -OCH3 is 1. The molecule has 1 aromatic carbocycles. The smallest absolute Gasteiger partial charge is 0.254 e. The zero-order chi connectivity index (χ0) is 15.3. The highest BCUT2D eigenvalue weighted by atomic mass is 16.5. The number of nitrogens with two attached hydrogens (primary N) is 1. The molecule has 0 heterocycles. The van der Waals surface area contributed by atoms with E-state index < -0.39 is 11.9 Å². The Kier molecular flexibility index (Phi) is 5.37. The molecular formula is C14H21N3O3. The average Bonchev–Trinajstić information content (AvgIpc) is 2.37. The van der Waals surface area contributed by atoms with Crippen molar-refractivity contribution in [2.24, 2.45) is 0 Å². The highest BCUT2D eigenvalue weighted by Gasteiger charge is 2.18. The van der Waals surface area contributed by atoms with Crippen LogP contribution in [0.1, 0.15) is 31.1 Å². The van der Waals surface area contributed by atoms with Crippen molar-refractivity contribution in [3.63, 3.8) is 0 Å². The maximum Gasteiger partial charge on any atom is 0.254 e. The van der Waals surface area contributed by atoms with Gasteiger partial charge in [0.25, 0.3) is 5.91 Å². The van der Waals surface area contributed by atoms with Crippen molar-refractivity contribution in [2.45, 2.75) is 32.9 Å². The van der Waals surface area contributed by atoms with Gasteiger partial charge in [0.1, 0.15) is 11.8 Å². The standard InChI is InChI=1S/C14H21N3O3/c1-8(2)16-13(18)9(3)17-14(19)11-6-5-10(20-4)7-12(11)15/h5-9H,15H2,1-4H3,(H,16,18)(H,17,19). The molecule has 2 amide bonds. The van der Waals surface area contributed by atoms with Gasteiger partial charge >= 0.3 is 0 Å². The molecule has 1 atom stereocenters. The Bertz CT molecular complexity index is 500. The van der Waals surface area contributed by atoms with Crippen LogP contribution in [0.25, 0.3) is 0 Å². The van der Waals surface area contributed by atoms with E-state index in [1.807, 2.05) is 13.8 Å². The van der Waals surface area contributed by atoms with Crippen molar-refractivity contribution in [3.05, 3.63) is 23.8 Å². The monoisotopic (exact) mass is 279 g/mol. The summed E-state index contributed by atoms with van der Waals surface area (Å²) in [6, 6.07) is 4.16. The Morgan fingerprint density at radius 3 is 2.35 bits per heavy atom. The third-order valence-electron chi connectivity index (χ3n) is 2.68. The average molecular weight is 279 g/mol. The van der Waals surface area contributed by atoms with E-state index >= 15 is 0 Å². The van der Waals surface area contributed by atoms with Crippen molar-refractivity contribution in [1.29, 1.82) is 0 Å². The summed E-state index contributed by atoms with van der Waals surface area (Å²) in [7, 11) is 1.52. The molecule has 0 saturated carbocycles. The molecule has 6 heteroatoms. The second-order valence-corrected chi connectivity index (χ2v) is 4.81. The molecule has 0 saturated heterocycles. The fourth-order valence-electron chi connectivity index (χ4n) is 1.62. The molecule has 6 nitrogen and oxygen atoms in total. The van der Waals surface area contributed by atoms with Gasteiger partial charge < -0.3 is 21.1 Å². The highest BCUT2D eigenvalue weighted by molar-refractivity contribution is 6.01.